The number of imidazole rings is 1. The number of carbonyl (C=O) groups is 3. The molecule has 19 heteroatoms. The number of amides is 3. The second-order valence-corrected chi connectivity index (χ2v) is 17.7. The second kappa shape index (κ2) is 19.1. The molecular formula is C45H55F2N11O6. The summed E-state index contributed by atoms with van der Waals surface area (Å²) in [6, 6.07) is 8.71. The zero-order valence-corrected chi connectivity index (χ0v) is 35.9. The highest BCUT2D eigenvalue weighted by Gasteiger charge is 2.32. The van der Waals surface area contributed by atoms with Gasteiger partial charge in [-0.25, -0.2) is 23.5 Å². The summed E-state index contributed by atoms with van der Waals surface area (Å²) in [7, 11) is 1.71. The van der Waals surface area contributed by atoms with Crippen LogP contribution >= 0.6 is 0 Å². The van der Waals surface area contributed by atoms with Gasteiger partial charge >= 0.3 is 5.69 Å². The molecule has 4 aromatic heterocycles. The van der Waals surface area contributed by atoms with Crippen LogP contribution in [-0.4, -0.2) is 103 Å². The zero-order chi connectivity index (χ0) is 44.3. The highest BCUT2D eigenvalue weighted by molar-refractivity contribution is 6.03. The van der Waals surface area contributed by atoms with E-state index in [9.17, 15) is 28.0 Å². The van der Waals surface area contributed by atoms with Crippen LogP contribution in [0.4, 0.5) is 20.3 Å². The molecule has 5 aromatic rings. The third-order valence-corrected chi connectivity index (χ3v) is 13.1. The van der Waals surface area contributed by atoms with Gasteiger partial charge in [-0.1, -0.05) is 6.07 Å². The Bertz CT molecular complexity index is 2540. The molecule has 4 fully saturated rings. The maximum atomic E-state index is 14.2. The van der Waals surface area contributed by atoms with E-state index in [4.69, 9.17) is 9.15 Å². The van der Waals surface area contributed by atoms with Crippen molar-refractivity contribution in [1.29, 1.82) is 0 Å². The molecular weight excluding hydrogens is 829 g/mol. The maximum Gasteiger partial charge on any atom is 0.329 e. The van der Waals surface area contributed by atoms with Gasteiger partial charge in [0.2, 0.25) is 17.7 Å². The number of imide groups is 1. The molecule has 1 aromatic carbocycles. The van der Waals surface area contributed by atoms with E-state index >= 15 is 0 Å². The Balaban J connectivity index is 0.707. The van der Waals surface area contributed by atoms with Crippen molar-refractivity contribution in [3.05, 3.63) is 76.4 Å². The van der Waals surface area contributed by atoms with Crippen LogP contribution in [0.1, 0.15) is 98.0 Å². The summed E-state index contributed by atoms with van der Waals surface area (Å²) < 4.78 is 44.7. The van der Waals surface area contributed by atoms with E-state index in [-0.39, 0.29) is 47.4 Å². The van der Waals surface area contributed by atoms with Gasteiger partial charge in [-0.15, -0.1) is 0 Å². The van der Waals surface area contributed by atoms with Gasteiger partial charge in [0.05, 0.1) is 35.5 Å². The van der Waals surface area contributed by atoms with Gasteiger partial charge in [0.1, 0.15) is 18.1 Å². The molecule has 340 valence electrons. The quantitative estimate of drug-likeness (QED) is 0.0890. The molecule has 0 bridgehead atoms. The fraction of sp³-hybridized carbons (Fsp3) is 0.533. The first-order valence-corrected chi connectivity index (χ1v) is 22.5. The lowest BCUT2D eigenvalue weighted by Crippen LogP contribution is -2.47. The summed E-state index contributed by atoms with van der Waals surface area (Å²) in [6.07, 6.45) is 9.64. The SMILES string of the molecule is Cn1c(=O)n(C2CCC(=O)NC2=O)c2ccc(CCCN3CCO[C@@H](CNCC4CCC(n5cc(NC(=O)c6coc(-c7ccnc(NCC8CC8)c7)n6)c(C(F)F)n5)CC4)C3)cc21. The van der Waals surface area contributed by atoms with E-state index in [0.29, 0.717) is 41.8 Å². The number of fused-ring (bicyclic) bond motifs is 1. The van der Waals surface area contributed by atoms with Crippen molar-refractivity contribution >= 4 is 40.3 Å². The lowest BCUT2D eigenvalue weighted by molar-refractivity contribution is -0.135. The highest BCUT2D eigenvalue weighted by atomic mass is 19.3. The van der Waals surface area contributed by atoms with E-state index in [1.807, 2.05) is 18.2 Å². The van der Waals surface area contributed by atoms with Gasteiger partial charge < -0.3 is 25.1 Å². The van der Waals surface area contributed by atoms with Crippen molar-refractivity contribution in [2.45, 2.75) is 88.8 Å². The van der Waals surface area contributed by atoms with Crippen LogP contribution < -0.4 is 27.0 Å². The normalized spacial score (nSPS) is 22.0. The number of halogens is 2. The molecule has 2 saturated carbocycles. The Labute approximate surface area is 368 Å². The number of carbonyl (C=O) groups excluding carboxylic acids is 3. The molecule has 2 aliphatic heterocycles. The number of aromatic nitrogens is 6. The van der Waals surface area contributed by atoms with Gasteiger partial charge in [-0.3, -0.25) is 38.4 Å². The molecule has 0 radical (unpaired) electrons. The summed E-state index contributed by atoms with van der Waals surface area (Å²) in [5.41, 5.74) is 2.39. The Morgan fingerprint density at radius 3 is 2.59 bits per heavy atom. The zero-order valence-electron chi connectivity index (χ0n) is 35.9. The average Bonchev–Trinajstić information content (AvgIpc) is 3.71. The number of pyridine rings is 1. The van der Waals surface area contributed by atoms with Crippen LogP contribution in [0.25, 0.3) is 22.5 Å². The molecule has 6 heterocycles. The third-order valence-electron chi connectivity index (χ3n) is 13.1. The predicted octanol–water partition coefficient (Wildman–Crippen LogP) is 5.23. The topological polar surface area (TPSA) is 195 Å². The molecule has 17 nitrogen and oxygen atoms in total. The summed E-state index contributed by atoms with van der Waals surface area (Å²) in [5, 5.41) is 16.1. The lowest BCUT2D eigenvalue weighted by Gasteiger charge is -2.34. The number of anilines is 2. The third kappa shape index (κ3) is 9.95. The Morgan fingerprint density at radius 2 is 1.80 bits per heavy atom. The molecule has 3 amide bonds. The summed E-state index contributed by atoms with van der Waals surface area (Å²) in [5.74, 6) is 0.602. The monoisotopic (exact) mass is 883 g/mol. The van der Waals surface area contributed by atoms with E-state index in [1.165, 1.54) is 29.9 Å². The molecule has 2 atom stereocenters. The van der Waals surface area contributed by atoms with Gasteiger partial charge in [-0.05, 0) is 113 Å². The molecule has 2 saturated heterocycles. The average molecular weight is 884 g/mol. The predicted molar refractivity (Wildman–Crippen MR) is 233 cm³/mol. The standard InChI is InChI=1S/C45H55F2N11O6/c1-55-37-19-27(8-11-35(37)58(45(55)62)36-12-13-39(59)53-43(36)61)3-2-16-56-17-18-63-32(24-56)23-48-21-28-6-9-31(10-7-28)57-25-33(40(54-57)41(46)47)51-42(60)34-26-64-44(52-34)30-14-15-49-38(20-30)50-22-29-4-5-29/h8,11,14-15,19-20,25-26,28-29,31-32,36,41,48H,2-7,9-10,12-13,16-18,21-24H2,1H3,(H,49,50)(H,51,60)(H,53,59,61)/t28?,31?,32-,36?/m0/s1. The fourth-order valence-corrected chi connectivity index (χ4v) is 9.25. The number of hydrogen-bond donors (Lipinski definition) is 4. The smallest absolute Gasteiger partial charge is 0.329 e. The molecule has 0 spiro atoms. The fourth-order valence-electron chi connectivity index (χ4n) is 9.25. The van der Waals surface area contributed by atoms with Crippen LogP contribution in [-0.2, 0) is 27.8 Å². The van der Waals surface area contributed by atoms with Gasteiger partial charge in [0, 0.05) is 57.6 Å². The Kier molecular flexibility index (Phi) is 13.0. The van der Waals surface area contributed by atoms with Crippen LogP contribution in [0.3, 0.4) is 0 Å². The number of aryl methyl sites for hydroxylation is 2. The van der Waals surface area contributed by atoms with Gasteiger partial charge in [0.25, 0.3) is 12.3 Å². The first-order valence-electron chi connectivity index (χ1n) is 22.5. The molecule has 9 rings (SSSR count). The number of benzene rings is 1. The molecule has 4 aliphatic rings. The van der Waals surface area contributed by atoms with Crippen molar-refractivity contribution in [3.8, 4) is 11.5 Å². The molecule has 2 aliphatic carbocycles. The number of nitrogens with one attached hydrogen (secondary N) is 4. The minimum Gasteiger partial charge on any atom is -0.444 e. The summed E-state index contributed by atoms with van der Waals surface area (Å²) >= 11 is 0. The summed E-state index contributed by atoms with van der Waals surface area (Å²) in [4.78, 5) is 61.6. The number of oxazole rings is 1. The van der Waals surface area contributed by atoms with E-state index in [2.05, 4.69) is 41.2 Å². The first kappa shape index (κ1) is 43.5. The van der Waals surface area contributed by atoms with Crippen LogP contribution in [0.5, 0.6) is 0 Å². The van der Waals surface area contributed by atoms with E-state index in [1.54, 1.807) is 34.6 Å². The van der Waals surface area contributed by atoms with Crippen molar-refractivity contribution in [1.82, 2.24) is 44.4 Å². The lowest BCUT2D eigenvalue weighted by atomic mass is 9.86. The number of nitrogens with zero attached hydrogens (tertiary/aromatic N) is 7. The minimum absolute atomic E-state index is 0.0324. The van der Waals surface area contributed by atoms with Crippen molar-refractivity contribution in [2.24, 2.45) is 18.9 Å². The van der Waals surface area contributed by atoms with Crippen LogP contribution in [0, 0.1) is 11.8 Å². The first-order chi connectivity index (χ1) is 31.1. The molecule has 1 unspecified atom stereocenters. The number of morpholine rings is 1. The maximum absolute atomic E-state index is 14.2. The number of piperidine rings is 1. The number of alkyl halides is 2. The largest absolute Gasteiger partial charge is 0.444 e. The Morgan fingerprint density at radius 1 is 0.984 bits per heavy atom. The number of rotatable bonds is 17. The number of hydrogen-bond acceptors (Lipinski definition) is 12. The minimum atomic E-state index is -2.87. The van der Waals surface area contributed by atoms with Crippen molar-refractivity contribution in [2.75, 3.05) is 56.5 Å². The highest BCUT2D eigenvalue weighted by Crippen LogP contribution is 2.35. The second-order valence-electron chi connectivity index (χ2n) is 17.7. The van der Waals surface area contributed by atoms with E-state index < -0.39 is 30.0 Å². The molecule has 4 N–H and O–H groups in total. The van der Waals surface area contributed by atoms with Crippen molar-refractivity contribution in [3.63, 3.8) is 0 Å². The van der Waals surface area contributed by atoms with Crippen LogP contribution in [0.15, 0.2) is 58.2 Å². The van der Waals surface area contributed by atoms with Gasteiger partial charge in [0.15, 0.2) is 11.4 Å². The number of ether oxygens (including phenoxy) is 1. The van der Waals surface area contributed by atoms with Crippen molar-refractivity contribution < 1.29 is 32.3 Å². The Hall–Kier alpha value is -5.79. The van der Waals surface area contributed by atoms with E-state index in [0.717, 1.165) is 88.9 Å². The van der Waals surface area contributed by atoms with Gasteiger partial charge in [-0.2, -0.15) is 5.10 Å². The molecule has 64 heavy (non-hydrogen) atoms. The summed E-state index contributed by atoms with van der Waals surface area (Å²) in [6.45, 7) is 5.68. The van der Waals surface area contributed by atoms with Crippen LogP contribution in [0.2, 0.25) is 0 Å².